The number of H-pyrrole nitrogens is 2. The molecule has 4 aromatic rings. The van der Waals surface area contributed by atoms with Crippen molar-refractivity contribution in [1.82, 2.24) is 15.0 Å². The molecule has 2 aromatic carbocycles. The number of benzene rings is 2. The minimum absolute atomic E-state index is 0.130. The van der Waals surface area contributed by atoms with E-state index in [1.807, 2.05) is 37.4 Å². The van der Waals surface area contributed by atoms with Crippen LogP contribution in [0.4, 0.5) is 0 Å². The van der Waals surface area contributed by atoms with Crippen LogP contribution in [0.5, 0.6) is 0 Å². The monoisotopic (exact) mass is 301 g/mol. The molecule has 2 aromatic heterocycles. The van der Waals surface area contributed by atoms with Crippen LogP contribution >= 0.6 is 0 Å². The predicted octanol–water partition coefficient (Wildman–Crippen LogP) is 3.89. The second kappa shape index (κ2) is 5.25. The Bertz CT molecular complexity index is 1040. The summed E-state index contributed by atoms with van der Waals surface area (Å²) in [5.74, 6) is 0.600. The Balaban J connectivity index is 1.73. The summed E-state index contributed by atoms with van der Waals surface area (Å²) in [5, 5.41) is 1.19. The van der Waals surface area contributed by atoms with Crippen LogP contribution in [-0.2, 0) is 0 Å². The molecule has 4 heteroatoms. The molecule has 0 bridgehead atoms. The average Bonchev–Trinajstić information content (AvgIpc) is 3.01. The standard InChI is InChI=1S/C19H15N3O/c1-12-10-18(23)22-19(21-12)14-4-2-13(3-5-14)15-6-7-17-16(11-15)8-9-20-17/h2-11,20H,1H3,(H,21,22,23). The molecule has 4 rings (SSSR count). The summed E-state index contributed by atoms with van der Waals surface area (Å²) < 4.78 is 0. The first-order valence-corrected chi connectivity index (χ1v) is 7.45. The predicted molar refractivity (Wildman–Crippen MR) is 92.3 cm³/mol. The van der Waals surface area contributed by atoms with Crippen LogP contribution in [0.25, 0.3) is 33.4 Å². The highest BCUT2D eigenvalue weighted by atomic mass is 16.1. The number of aryl methyl sites for hydroxylation is 1. The van der Waals surface area contributed by atoms with Crippen LogP contribution in [0.3, 0.4) is 0 Å². The van der Waals surface area contributed by atoms with Gasteiger partial charge in [0.2, 0.25) is 0 Å². The van der Waals surface area contributed by atoms with Crippen molar-refractivity contribution in [3.8, 4) is 22.5 Å². The van der Waals surface area contributed by atoms with Gasteiger partial charge in [0.25, 0.3) is 5.56 Å². The molecule has 0 aliphatic carbocycles. The molecular weight excluding hydrogens is 286 g/mol. The normalized spacial score (nSPS) is 11.0. The summed E-state index contributed by atoms with van der Waals surface area (Å²) >= 11 is 0. The van der Waals surface area contributed by atoms with E-state index in [9.17, 15) is 4.79 Å². The van der Waals surface area contributed by atoms with Gasteiger partial charge >= 0.3 is 0 Å². The topological polar surface area (TPSA) is 61.5 Å². The van der Waals surface area contributed by atoms with E-state index in [0.29, 0.717) is 11.5 Å². The Hall–Kier alpha value is -3.14. The third-order valence-corrected chi connectivity index (χ3v) is 3.91. The lowest BCUT2D eigenvalue weighted by Crippen LogP contribution is -2.08. The van der Waals surface area contributed by atoms with E-state index in [0.717, 1.165) is 22.2 Å². The zero-order valence-electron chi connectivity index (χ0n) is 12.6. The van der Waals surface area contributed by atoms with Crippen molar-refractivity contribution in [3.05, 3.63) is 76.8 Å². The fourth-order valence-electron chi connectivity index (χ4n) is 2.77. The molecule has 0 amide bonds. The second-order valence-corrected chi connectivity index (χ2v) is 5.59. The first-order valence-electron chi connectivity index (χ1n) is 7.45. The van der Waals surface area contributed by atoms with Crippen molar-refractivity contribution < 1.29 is 0 Å². The molecule has 0 atom stereocenters. The molecule has 0 radical (unpaired) electrons. The van der Waals surface area contributed by atoms with E-state index in [4.69, 9.17) is 0 Å². The molecule has 0 spiro atoms. The molecular formula is C19H15N3O. The van der Waals surface area contributed by atoms with Gasteiger partial charge in [0.1, 0.15) is 5.82 Å². The Morgan fingerprint density at radius 3 is 2.39 bits per heavy atom. The fourth-order valence-corrected chi connectivity index (χ4v) is 2.77. The maximum Gasteiger partial charge on any atom is 0.251 e. The summed E-state index contributed by atoms with van der Waals surface area (Å²) in [5.41, 5.74) is 4.91. The number of aromatic nitrogens is 3. The molecule has 0 saturated heterocycles. The van der Waals surface area contributed by atoms with Crippen molar-refractivity contribution >= 4 is 10.9 Å². The van der Waals surface area contributed by atoms with Crippen molar-refractivity contribution in [2.45, 2.75) is 6.92 Å². The van der Waals surface area contributed by atoms with Gasteiger partial charge in [0, 0.05) is 29.0 Å². The van der Waals surface area contributed by atoms with Gasteiger partial charge in [-0.3, -0.25) is 4.79 Å². The maximum atomic E-state index is 11.6. The van der Waals surface area contributed by atoms with Crippen LogP contribution < -0.4 is 5.56 Å². The molecule has 23 heavy (non-hydrogen) atoms. The van der Waals surface area contributed by atoms with Crippen molar-refractivity contribution in [2.75, 3.05) is 0 Å². The van der Waals surface area contributed by atoms with Gasteiger partial charge in [-0.2, -0.15) is 0 Å². The summed E-state index contributed by atoms with van der Waals surface area (Å²) in [6.07, 6.45) is 1.94. The van der Waals surface area contributed by atoms with Gasteiger partial charge in [-0.05, 0) is 41.6 Å². The van der Waals surface area contributed by atoms with Gasteiger partial charge in [-0.1, -0.05) is 30.3 Å². The van der Waals surface area contributed by atoms with E-state index in [-0.39, 0.29) is 5.56 Å². The molecule has 4 nitrogen and oxygen atoms in total. The highest BCUT2D eigenvalue weighted by molar-refractivity contribution is 5.85. The molecule has 0 aliphatic rings. The Labute approximate surface area is 132 Å². The largest absolute Gasteiger partial charge is 0.361 e. The third kappa shape index (κ3) is 2.55. The molecule has 0 aliphatic heterocycles. The van der Waals surface area contributed by atoms with Gasteiger partial charge < -0.3 is 9.97 Å². The minimum Gasteiger partial charge on any atom is -0.361 e. The second-order valence-electron chi connectivity index (χ2n) is 5.59. The number of hydrogen-bond acceptors (Lipinski definition) is 2. The van der Waals surface area contributed by atoms with E-state index in [2.05, 4.69) is 39.2 Å². The molecule has 0 unspecified atom stereocenters. The van der Waals surface area contributed by atoms with Crippen molar-refractivity contribution in [3.63, 3.8) is 0 Å². The highest BCUT2D eigenvalue weighted by Gasteiger charge is 2.04. The number of nitrogens with one attached hydrogen (secondary N) is 2. The first-order chi connectivity index (χ1) is 11.2. The fraction of sp³-hybridized carbons (Fsp3) is 0.0526. The average molecular weight is 301 g/mol. The number of aromatic amines is 2. The van der Waals surface area contributed by atoms with Crippen LogP contribution in [0, 0.1) is 6.92 Å². The molecule has 2 heterocycles. The van der Waals surface area contributed by atoms with E-state index in [1.165, 1.54) is 11.5 Å². The van der Waals surface area contributed by atoms with E-state index < -0.39 is 0 Å². The van der Waals surface area contributed by atoms with Gasteiger partial charge in [-0.25, -0.2) is 4.98 Å². The maximum absolute atomic E-state index is 11.6. The van der Waals surface area contributed by atoms with Crippen LogP contribution in [0.15, 0.2) is 65.6 Å². The minimum atomic E-state index is -0.130. The smallest absolute Gasteiger partial charge is 0.251 e. The summed E-state index contributed by atoms with van der Waals surface area (Å²) in [7, 11) is 0. The van der Waals surface area contributed by atoms with Gasteiger partial charge in [0.05, 0.1) is 0 Å². The summed E-state index contributed by atoms with van der Waals surface area (Å²) in [6, 6.07) is 17.9. The van der Waals surface area contributed by atoms with E-state index in [1.54, 1.807) is 0 Å². The lowest BCUT2D eigenvalue weighted by Gasteiger charge is -2.05. The van der Waals surface area contributed by atoms with Crippen LogP contribution in [0.2, 0.25) is 0 Å². The number of nitrogens with zero attached hydrogens (tertiary/aromatic N) is 1. The number of fused-ring (bicyclic) bond motifs is 1. The Kier molecular flexibility index (Phi) is 3.08. The SMILES string of the molecule is Cc1cc(=O)[nH]c(-c2ccc(-c3ccc4[nH]ccc4c3)cc2)n1. The zero-order valence-corrected chi connectivity index (χ0v) is 12.6. The van der Waals surface area contributed by atoms with Gasteiger partial charge in [-0.15, -0.1) is 0 Å². The summed E-state index contributed by atoms with van der Waals surface area (Å²) in [4.78, 5) is 21.9. The van der Waals surface area contributed by atoms with Gasteiger partial charge in [0.15, 0.2) is 0 Å². The third-order valence-electron chi connectivity index (χ3n) is 3.91. The molecule has 112 valence electrons. The lowest BCUT2D eigenvalue weighted by molar-refractivity contribution is 1.07. The first kappa shape index (κ1) is 13.5. The summed E-state index contributed by atoms with van der Waals surface area (Å²) in [6.45, 7) is 1.82. The lowest BCUT2D eigenvalue weighted by atomic mass is 10.0. The zero-order chi connectivity index (χ0) is 15.8. The number of hydrogen-bond donors (Lipinski definition) is 2. The highest BCUT2D eigenvalue weighted by Crippen LogP contribution is 2.25. The van der Waals surface area contributed by atoms with Crippen LogP contribution in [0.1, 0.15) is 5.69 Å². The van der Waals surface area contributed by atoms with Crippen molar-refractivity contribution in [2.24, 2.45) is 0 Å². The Morgan fingerprint density at radius 1 is 0.870 bits per heavy atom. The molecule has 2 N–H and O–H groups in total. The molecule has 0 fully saturated rings. The molecule has 0 saturated carbocycles. The quantitative estimate of drug-likeness (QED) is 0.590. The number of rotatable bonds is 2. The van der Waals surface area contributed by atoms with Crippen molar-refractivity contribution in [1.29, 1.82) is 0 Å². The van der Waals surface area contributed by atoms with E-state index >= 15 is 0 Å². The Morgan fingerprint density at radius 2 is 1.61 bits per heavy atom. The van der Waals surface area contributed by atoms with Crippen LogP contribution in [-0.4, -0.2) is 15.0 Å².